The number of likely N-dealkylation sites (N-methyl/N-ethyl adjacent to an activating group) is 1. The number of piperidine rings is 1. The summed E-state index contributed by atoms with van der Waals surface area (Å²) in [5.74, 6) is 1.73. The molecule has 1 aromatic rings. The first kappa shape index (κ1) is 19.0. The van der Waals surface area contributed by atoms with Crippen molar-refractivity contribution in [2.75, 3.05) is 20.1 Å². The van der Waals surface area contributed by atoms with Crippen LogP contribution in [0.2, 0.25) is 0 Å². The molecule has 2 saturated carbocycles. The Morgan fingerprint density at radius 3 is 2.70 bits per heavy atom. The normalized spacial score (nSPS) is 39.7. The molecule has 1 aromatic carbocycles. The first-order valence-corrected chi connectivity index (χ1v) is 10.9. The Labute approximate surface area is 164 Å². The third-order valence-electron chi connectivity index (χ3n) is 7.52. The Bertz CT molecular complexity index is 670. The van der Waals surface area contributed by atoms with Gasteiger partial charge in [0.05, 0.1) is 0 Å². The smallest absolute Gasteiger partial charge is 0.226 e. The number of benzene rings is 1. The molecule has 3 fully saturated rings. The molecule has 3 aliphatic rings. The predicted molar refractivity (Wildman–Crippen MR) is 111 cm³/mol. The van der Waals surface area contributed by atoms with E-state index in [1.165, 1.54) is 31.2 Å². The van der Waals surface area contributed by atoms with Crippen LogP contribution < -0.4 is 5.32 Å². The molecule has 1 aliphatic heterocycles. The fourth-order valence-electron chi connectivity index (χ4n) is 6.74. The van der Waals surface area contributed by atoms with E-state index in [4.69, 9.17) is 0 Å². The lowest BCUT2D eigenvalue weighted by atomic mass is 9.50. The number of hydrogen-bond acceptors (Lipinski definition) is 2. The molecule has 5 unspecified atom stereocenters. The van der Waals surface area contributed by atoms with E-state index in [2.05, 4.69) is 61.4 Å². The van der Waals surface area contributed by atoms with Gasteiger partial charge in [-0.2, -0.15) is 0 Å². The van der Waals surface area contributed by atoms with Crippen LogP contribution in [-0.2, 0) is 10.2 Å². The lowest BCUT2D eigenvalue weighted by molar-refractivity contribution is -0.137. The molecule has 5 atom stereocenters. The molecule has 1 amide bonds. The number of nitrogens with zero attached hydrogens (tertiary/aromatic N) is 1. The van der Waals surface area contributed by atoms with Gasteiger partial charge in [-0.1, -0.05) is 44.2 Å². The number of fused-ring (bicyclic) bond motifs is 2. The maximum atomic E-state index is 13.5. The standard InChI is InChI=1S/C24H36N2O/c1-18-12-19-14-23(2,22(27)25-21-10-7-11-26(3)16-21)17-24(13-18,15-19)20-8-5-4-6-9-20/h4-6,8-9,18-19,21H,7,10-17H2,1-3H3,(H,25,27). The zero-order valence-electron chi connectivity index (χ0n) is 17.3. The molecule has 4 rings (SSSR count). The SMILES string of the molecule is CC1CC2CC(C)(C(=O)NC3CCCN(C)C3)CC(c3ccccc3)(C1)C2. The van der Waals surface area contributed by atoms with Crippen molar-refractivity contribution in [3.05, 3.63) is 35.9 Å². The second kappa shape index (κ2) is 7.24. The Morgan fingerprint density at radius 2 is 1.96 bits per heavy atom. The molecule has 3 heteroatoms. The number of carbonyl (C=O) groups excluding carboxylic acids is 1. The quantitative estimate of drug-likeness (QED) is 0.859. The number of hydrogen-bond donors (Lipinski definition) is 1. The van der Waals surface area contributed by atoms with E-state index in [0.717, 1.165) is 38.3 Å². The van der Waals surface area contributed by atoms with E-state index < -0.39 is 0 Å². The Hall–Kier alpha value is -1.35. The van der Waals surface area contributed by atoms with Gasteiger partial charge >= 0.3 is 0 Å². The van der Waals surface area contributed by atoms with Gasteiger partial charge in [0.25, 0.3) is 0 Å². The van der Waals surface area contributed by atoms with Crippen LogP contribution in [0.5, 0.6) is 0 Å². The Morgan fingerprint density at radius 1 is 1.19 bits per heavy atom. The van der Waals surface area contributed by atoms with Crippen molar-refractivity contribution in [1.29, 1.82) is 0 Å². The average molecular weight is 369 g/mol. The number of amides is 1. The number of rotatable bonds is 3. The summed E-state index contributed by atoms with van der Waals surface area (Å²) < 4.78 is 0. The van der Waals surface area contributed by atoms with E-state index in [1.807, 2.05) is 0 Å². The van der Waals surface area contributed by atoms with E-state index in [9.17, 15) is 4.79 Å². The highest BCUT2D eigenvalue weighted by atomic mass is 16.2. The highest BCUT2D eigenvalue weighted by molar-refractivity contribution is 5.83. The second-order valence-corrected chi connectivity index (χ2v) is 10.3. The minimum absolute atomic E-state index is 0.178. The highest BCUT2D eigenvalue weighted by Crippen LogP contribution is 2.58. The third kappa shape index (κ3) is 3.81. The first-order valence-electron chi connectivity index (χ1n) is 10.9. The maximum Gasteiger partial charge on any atom is 0.226 e. The topological polar surface area (TPSA) is 32.3 Å². The van der Waals surface area contributed by atoms with E-state index >= 15 is 0 Å². The predicted octanol–water partition coefficient (Wildman–Crippen LogP) is 4.37. The van der Waals surface area contributed by atoms with Crippen molar-refractivity contribution in [1.82, 2.24) is 10.2 Å². The molecule has 2 bridgehead atoms. The monoisotopic (exact) mass is 368 g/mol. The molecular weight excluding hydrogens is 332 g/mol. The van der Waals surface area contributed by atoms with Gasteiger partial charge in [-0.15, -0.1) is 0 Å². The molecule has 1 saturated heterocycles. The zero-order chi connectivity index (χ0) is 19.1. The summed E-state index contributed by atoms with van der Waals surface area (Å²) in [5, 5.41) is 3.45. The van der Waals surface area contributed by atoms with Gasteiger partial charge in [0.1, 0.15) is 0 Å². The number of nitrogens with one attached hydrogen (secondary N) is 1. The van der Waals surface area contributed by atoms with Gasteiger partial charge in [0.15, 0.2) is 0 Å². The molecule has 1 N–H and O–H groups in total. The summed E-state index contributed by atoms with van der Waals surface area (Å²) in [5.41, 5.74) is 1.39. The van der Waals surface area contributed by atoms with Crippen LogP contribution in [0.15, 0.2) is 30.3 Å². The molecule has 3 nitrogen and oxygen atoms in total. The summed E-state index contributed by atoms with van der Waals surface area (Å²) in [6.07, 6.45) is 8.13. The van der Waals surface area contributed by atoms with E-state index in [-0.39, 0.29) is 10.8 Å². The largest absolute Gasteiger partial charge is 0.352 e. The summed E-state index contributed by atoms with van der Waals surface area (Å²) in [6.45, 7) is 6.80. The Kier molecular flexibility index (Phi) is 5.09. The number of likely N-dealkylation sites (tertiary alicyclic amines) is 1. The second-order valence-electron chi connectivity index (χ2n) is 10.3. The molecule has 27 heavy (non-hydrogen) atoms. The van der Waals surface area contributed by atoms with Crippen LogP contribution in [0.25, 0.3) is 0 Å². The molecule has 0 radical (unpaired) electrons. The van der Waals surface area contributed by atoms with Gasteiger partial charge < -0.3 is 10.2 Å². The zero-order valence-corrected chi connectivity index (χ0v) is 17.3. The summed E-state index contributed by atoms with van der Waals surface area (Å²) in [6, 6.07) is 11.4. The van der Waals surface area contributed by atoms with Crippen molar-refractivity contribution in [3.8, 4) is 0 Å². The molecule has 0 aromatic heterocycles. The summed E-state index contributed by atoms with van der Waals surface area (Å²) in [4.78, 5) is 15.8. The van der Waals surface area contributed by atoms with Crippen molar-refractivity contribution in [2.45, 2.75) is 70.3 Å². The fourth-order valence-corrected chi connectivity index (χ4v) is 6.74. The van der Waals surface area contributed by atoms with Gasteiger partial charge in [-0.3, -0.25) is 4.79 Å². The van der Waals surface area contributed by atoms with Crippen LogP contribution in [0.3, 0.4) is 0 Å². The van der Waals surface area contributed by atoms with Gasteiger partial charge in [0, 0.05) is 18.0 Å². The minimum Gasteiger partial charge on any atom is -0.352 e. The fraction of sp³-hybridized carbons (Fsp3) is 0.708. The lowest BCUT2D eigenvalue weighted by Crippen LogP contribution is -2.55. The van der Waals surface area contributed by atoms with Crippen LogP contribution in [0, 0.1) is 17.3 Å². The van der Waals surface area contributed by atoms with Crippen LogP contribution in [0.1, 0.15) is 64.4 Å². The molecule has 1 heterocycles. The van der Waals surface area contributed by atoms with Crippen LogP contribution >= 0.6 is 0 Å². The Balaban J connectivity index is 1.57. The van der Waals surface area contributed by atoms with E-state index in [1.54, 1.807) is 0 Å². The highest BCUT2D eigenvalue weighted by Gasteiger charge is 2.53. The van der Waals surface area contributed by atoms with Gasteiger partial charge in [0.2, 0.25) is 5.91 Å². The molecule has 148 valence electrons. The molecule has 2 aliphatic carbocycles. The maximum absolute atomic E-state index is 13.5. The van der Waals surface area contributed by atoms with Crippen molar-refractivity contribution in [3.63, 3.8) is 0 Å². The average Bonchev–Trinajstić information content (AvgIpc) is 2.61. The van der Waals surface area contributed by atoms with Crippen LogP contribution in [0.4, 0.5) is 0 Å². The van der Waals surface area contributed by atoms with Crippen molar-refractivity contribution < 1.29 is 4.79 Å². The van der Waals surface area contributed by atoms with Crippen molar-refractivity contribution in [2.24, 2.45) is 17.3 Å². The van der Waals surface area contributed by atoms with E-state index in [0.29, 0.717) is 17.9 Å². The van der Waals surface area contributed by atoms with Crippen molar-refractivity contribution >= 4 is 5.91 Å². The minimum atomic E-state index is -0.241. The van der Waals surface area contributed by atoms with Gasteiger partial charge in [-0.25, -0.2) is 0 Å². The summed E-state index contributed by atoms with van der Waals surface area (Å²) in [7, 11) is 2.16. The van der Waals surface area contributed by atoms with Gasteiger partial charge in [-0.05, 0) is 81.4 Å². The molecular formula is C24H36N2O. The first-order chi connectivity index (χ1) is 12.9. The van der Waals surface area contributed by atoms with Crippen LogP contribution in [-0.4, -0.2) is 37.0 Å². The number of carbonyl (C=O) groups is 1. The summed E-state index contributed by atoms with van der Waals surface area (Å²) >= 11 is 0. The molecule has 0 spiro atoms. The third-order valence-corrected chi connectivity index (χ3v) is 7.52. The lowest BCUT2D eigenvalue weighted by Gasteiger charge is -2.54.